The molecular weight excluding hydrogens is 298 g/mol. The van der Waals surface area contributed by atoms with Crippen LogP contribution in [0.3, 0.4) is 0 Å². The number of carbonyl (C=O) groups excluding carboxylic acids is 1. The summed E-state index contributed by atoms with van der Waals surface area (Å²) in [7, 11) is 3.69. The van der Waals surface area contributed by atoms with E-state index in [1.54, 1.807) is 24.9 Å². The van der Waals surface area contributed by atoms with E-state index in [9.17, 15) is 9.90 Å². The maximum atomic E-state index is 11.9. The molecule has 1 fully saturated rings. The van der Waals surface area contributed by atoms with E-state index in [0.29, 0.717) is 0 Å². The molecule has 0 aromatic heterocycles. The van der Waals surface area contributed by atoms with Crippen molar-refractivity contribution in [3.05, 3.63) is 29.8 Å². The van der Waals surface area contributed by atoms with Crippen molar-refractivity contribution in [2.24, 2.45) is 4.99 Å². The van der Waals surface area contributed by atoms with Crippen molar-refractivity contribution in [1.82, 2.24) is 10.2 Å². The van der Waals surface area contributed by atoms with Gasteiger partial charge in [0, 0.05) is 24.4 Å². The number of nitrogens with zero attached hydrogens (tertiary/aromatic N) is 2. The van der Waals surface area contributed by atoms with E-state index in [0.717, 1.165) is 29.2 Å². The third-order valence-corrected chi connectivity index (χ3v) is 5.66. The quantitative estimate of drug-likeness (QED) is 0.885. The summed E-state index contributed by atoms with van der Waals surface area (Å²) in [4.78, 5) is 18.9. The summed E-state index contributed by atoms with van der Waals surface area (Å²) in [5.74, 6) is 1.26. The van der Waals surface area contributed by atoms with Crippen LogP contribution in [0.5, 0.6) is 5.75 Å². The largest absolute Gasteiger partial charge is 0.507 e. The van der Waals surface area contributed by atoms with E-state index in [-0.39, 0.29) is 29.8 Å². The number of para-hydroxylation sites is 1. The zero-order valence-electron chi connectivity index (χ0n) is 12.8. The molecule has 2 aliphatic rings. The van der Waals surface area contributed by atoms with E-state index in [4.69, 9.17) is 4.99 Å². The van der Waals surface area contributed by atoms with Crippen molar-refractivity contribution in [3.8, 4) is 5.75 Å². The van der Waals surface area contributed by atoms with E-state index in [1.807, 2.05) is 25.2 Å². The number of likely N-dealkylation sites (N-methyl/N-ethyl adjacent to an activating group) is 2. The van der Waals surface area contributed by atoms with Crippen LogP contribution in [-0.2, 0) is 4.79 Å². The van der Waals surface area contributed by atoms with Crippen molar-refractivity contribution in [3.63, 3.8) is 0 Å². The molecule has 0 aliphatic carbocycles. The van der Waals surface area contributed by atoms with E-state index < -0.39 is 0 Å². The molecule has 0 unspecified atom stereocenters. The zero-order chi connectivity index (χ0) is 15.7. The Kier molecular flexibility index (Phi) is 4.40. The number of phenols is 1. The Morgan fingerprint density at radius 3 is 2.91 bits per heavy atom. The first-order chi connectivity index (χ1) is 10.6. The first-order valence-electron chi connectivity index (χ1n) is 7.54. The Morgan fingerprint density at radius 2 is 2.18 bits per heavy atom. The van der Waals surface area contributed by atoms with Gasteiger partial charge in [0.15, 0.2) is 0 Å². The molecule has 0 bridgehead atoms. The molecule has 0 spiro atoms. The molecule has 2 N–H and O–H groups in total. The molecule has 1 amide bonds. The molecule has 0 saturated carbocycles. The molecule has 6 heteroatoms. The predicted molar refractivity (Wildman–Crippen MR) is 89.5 cm³/mol. The topological polar surface area (TPSA) is 64.9 Å². The Bertz CT molecular complexity index is 605. The minimum Gasteiger partial charge on any atom is -0.507 e. The van der Waals surface area contributed by atoms with E-state index in [2.05, 4.69) is 10.2 Å². The van der Waals surface area contributed by atoms with Gasteiger partial charge in [0.25, 0.3) is 0 Å². The molecule has 2 aliphatic heterocycles. The van der Waals surface area contributed by atoms with Gasteiger partial charge in [-0.3, -0.25) is 14.7 Å². The number of amides is 1. The van der Waals surface area contributed by atoms with Gasteiger partial charge in [-0.2, -0.15) is 0 Å². The van der Waals surface area contributed by atoms with Gasteiger partial charge in [-0.15, -0.1) is 11.8 Å². The first-order valence-corrected chi connectivity index (χ1v) is 8.53. The second-order valence-corrected chi connectivity index (χ2v) is 6.78. The van der Waals surface area contributed by atoms with Crippen LogP contribution in [0.15, 0.2) is 29.3 Å². The summed E-state index contributed by atoms with van der Waals surface area (Å²) in [6.07, 6.45) is 1.86. The normalized spacial score (nSPS) is 28.6. The van der Waals surface area contributed by atoms with Crippen LogP contribution in [0, 0.1) is 0 Å². The number of hydrogen-bond donors (Lipinski definition) is 2. The number of benzene rings is 1. The van der Waals surface area contributed by atoms with Crippen LogP contribution in [0.2, 0.25) is 0 Å². The molecule has 3 atom stereocenters. The molecule has 1 saturated heterocycles. The highest BCUT2D eigenvalue weighted by atomic mass is 32.2. The number of aliphatic imine (C=N–C) groups is 1. The Hall–Kier alpha value is -1.53. The Morgan fingerprint density at radius 1 is 1.41 bits per heavy atom. The summed E-state index contributed by atoms with van der Waals surface area (Å²) in [6.45, 7) is 0. The average Bonchev–Trinajstić information content (AvgIpc) is 3.13. The van der Waals surface area contributed by atoms with Crippen LogP contribution in [-0.4, -0.2) is 58.9 Å². The van der Waals surface area contributed by atoms with Gasteiger partial charge in [-0.1, -0.05) is 12.1 Å². The lowest BCUT2D eigenvalue weighted by Crippen LogP contribution is -2.46. The fourth-order valence-electron chi connectivity index (χ4n) is 3.30. The summed E-state index contributed by atoms with van der Waals surface area (Å²) in [6, 6.07) is 7.73. The van der Waals surface area contributed by atoms with Crippen molar-refractivity contribution < 1.29 is 9.90 Å². The Balaban J connectivity index is 1.75. The molecular formula is C16H21N3O2S. The molecule has 1 aromatic rings. The number of carbonyl (C=O) groups is 1. The summed E-state index contributed by atoms with van der Waals surface area (Å²) in [5, 5.41) is 13.6. The number of aromatic hydroxyl groups is 1. The highest BCUT2D eigenvalue weighted by Gasteiger charge is 2.40. The van der Waals surface area contributed by atoms with E-state index >= 15 is 0 Å². The molecule has 2 heterocycles. The van der Waals surface area contributed by atoms with Crippen LogP contribution < -0.4 is 5.32 Å². The molecule has 5 nitrogen and oxygen atoms in total. The van der Waals surface area contributed by atoms with E-state index in [1.165, 1.54) is 0 Å². The minimum absolute atomic E-state index is 0.0515. The van der Waals surface area contributed by atoms with Crippen LogP contribution in [0.4, 0.5) is 0 Å². The van der Waals surface area contributed by atoms with Crippen molar-refractivity contribution >= 4 is 22.7 Å². The third-order valence-electron chi connectivity index (χ3n) is 4.55. The van der Waals surface area contributed by atoms with Gasteiger partial charge in [-0.25, -0.2) is 0 Å². The molecule has 3 rings (SSSR count). The average molecular weight is 319 g/mol. The standard InChI is InChI=1S/C16H21N3O2S/c1-17-15(21)13-8-7-12(19(13)2)11-9-22-16(18-11)10-5-3-4-6-14(10)20/h3-6,11-13,20H,7-9H2,1-2H3,(H,17,21)/t11-,12-,13+/m0/s1. The molecule has 1 aromatic carbocycles. The number of likely N-dealkylation sites (tertiary alicyclic amines) is 1. The van der Waals surface area contributed by atoms with Gasteiger partial charge in [0.05, 0.1) is 12.1 Å². The van der Waals surface area contributed by atoms with Crippen LogP contribution in [0.1, 0.15) is 18.4 Å². The second kappa shape index (κ2) is 6.30. The van der Waals surface area contributed by atoms with Crippen molar-refractivity contribution in [1.29, 1.82) is 0 Å². The van der Waals surface area contributed by atoms with Gasteiger partial charge >= 0.3 is 0 Å². The van der Waals surface area contributed by atoms with Gasteiger partial charge in [0.2, 0.25) is 5.91 Å². The first kappa shape index (κ1) is 15.4. The Labute approximate surface area is 134 Å². The molecule has 118 valence electrons. The number of thioether (sulfide) groups is 1. The number of hydrogen-bond acceptors (Lipinski definition) is 5. The molecule has 22 heavy (non-hydrogen) atoms. The maximum Gasteiger partial charge on any atom is 0.237 e. The number of rotatable bonds is 3. The number of phenolic OH excluding ortho intramolecular Hbond substituents is 1. The summed E-state index contributed by atoms with van der Waals surface area (Å²) >= 11 is 1.68. The SMILES string of the molecule is CNC(=O)[C@H]1CC[C@@H]([C@@H]2CSC(c3ccccc3O)=N2)N1C. The smallest absolute Gasteiger partial charge is 0.237 e. The van der Waals surface area contributed by atoms with Crippen molar-refractivity contribution in [2.45, 2.75) is 31.0 Å². The van der Waals surface area contributed by atoms with Crippen LogP contribution in [0.25, 0.3) is 0 Å². The lowest BCUT2D eigenvalue weighted by atomic mass is 10.1. The van der Waals surface area contributed by atoms with Crippen LogP contribution >= 0.6 is 11.8 Å². The lowest BCUT2D eigenvalue weighted by Gasteiger charge is -2.27. The second-order valence-electron chi connectivity index (χ2n) is 5.77. The zero-order valence-corrected chi connectivity index (χ0v) is 13.6. The summed E-state index contributed by atoms with van der Waals surface area (Å²) < 4.78 is 0. The summed E-state index contributed by atoms with van der Waals surface area (Å²) in [5.41, 5.74) is 0.804. The lowest BCUT2D eigenvalue weighted by molar-refractivity contribution is -0.124. The van der Waals surface area contributed by atoms with Gasteiger partial charge in [-0.05, 0) is 32.0 Å². The van der Waals surface area contributed by atoms with Crippen molar-refractivity contribution in [2.75, 3.05) is 19.8 Å². The van der Waals surface area contributed by atoms with Gasteiger partial charge in [0.1, 0.15) is 10.8 Å². The predicted octanol–water partition coefficient (Wildman–Crippen LogP) is 1.46. The molecule has 0 radical (unpaired) electrons. The maximum absolute atomic E-state index is 11.9. The highest BCUT2D eigenvalue weighted by molar-refractivity contribution is 8.14. The third kappa shape index (κ3) is 2.73. The minimum atomic E-state index is -0.0515. The fraction of sp³-hybridized carbons (Fsp3) is 0.500. The van der Waals surface area contributed by atoms with Gasteiger partial charge < -0.3 is 10.4 Å². The fourth-order valence-corrected chi connectivity index (χ4v) is 4.47. The number of nitrogens with one attached hydrogen (secondary N) is 1. The highest BCUT2D eigenvalue weighted by Crippen LogP contribution is 2.34. The monoisotopic (exact) mass is 319 g/mol.